The standard InChI is InChI=1S/2C17H27N3O3S/c2*1-12-8-10-13(11-9-12)24(22,23)20-14(18-16(2,3)4)15(21)19-17(5,6)7/h2*8-11H,1-7H3,(H,18,20)(H,19,21). The first kappa shape index (κ1) is 42.2. The van der Waals surface area contributed by atoms with E-state index in [0.717, 1.165) is 11.1 Å². The molecule has 48 heavy (non-hydrogen) atoms. The molecule has 0 bridgehead atoms. The van der Waals surface area contributed by atoms with E-state index in [9.17, 15) is 26.4 Å². The first-order valence-corrected chi connectivity index (χ1v) is 18.4. The van der Waals surface area contributed by atoms with E-state index in [2.05, 4.69) is 30.1 Å². The number of hydrogen-bond acceptors (Lipinski definition) is 8. The van der Waals surface area contributed by atoms with Crippen LogP contribution in [0.1, 0.15) is 94.2 Å². The minimum atomic E-state index is -3.89. The summed E-state index contributed by atoms with van der Waals surface area (Å²) < 4.78 is 54.8. The van der Waals surface area contributed by atoms with Crippen molar-refractivity contribution >= 4 is 43.5 Å². The molecule has 0 saturated heterocycles. The Hall–Kier alpha value is -3.78. The van der Waals surface area contributed by atoms with Crippen molar-refractivity contribution in [3.63, 3.8) is 0 Å². The molecular formula is C34H54N6O6S2. The zero-order valence-electron chi connectivity index (χ0n) is 30.8. The summed E-state index contributed by atoms with van der Waals surface area (Å²) in [4.78, 5) is 33.5. The fraction of sp³-hybridized carbons (Fsp3) is 0.529. The van der Waals surface area contributed by atoms with E-state index >= 15 is 0 Å². The number of aryl methyl sites for hydroxylation is 2. The lowest BCUT2D eigenvalue weighted by atomic mass is 10.1. The summed E-state index contributed by atoms with van der Waals surface area (Å²) in [5.41, 5.74) is -0.345. The highest BCUT2D eigenvalue weighted by Gasteiger charge is 2.27. The Bertz CT molecular complexity index is 1570. The summed E-state index contributed by atoms with van der Waals surface area (Å²) in [5, 5.41) is 5.46. The highest BCUT2D eigenvalue weighted by Crippen LogP contribution is 2.14. The Balaban J connectivity index is 0.000000480. The normalized spacial score (nSPS) is 13.5. The number of nitrogens with one attached hydrogen (secondary N) is 4. The first-order valence-electron chi connectivity index (χ1n) is 15.4. The van der Waals surface area contributed by atoms with E-state index in [1.54, 1.807) is 65.8 Å². The predicted octanol–water partition coefficient (Wildman–Crippen LogP) is 4.77. The number of nitrogens with zero attached hydrogens (tertiary/aromatic N) is 2. The summed E-state index contributed by atoms with van der Waals surface area (Å²) in [6.07, 6.45) is 0. The molecule has 0 aliphatic heterocycles. The Morgan fingerprint density at radius 3 is 0.958 bits per heavy atom. The maximum absolute atomic E-state index is 12.5. The van der Waals surface area contributed by atoms with E-state index in [-0.39, 0.29) is 21.5 Å². The smallest absolute Gasteiger partial charge is 0.287 e. The minimum absolute atomic E-state index is 0.0817. The van der Waals surface area contributed by atoms with E-state index in [0.29, 0.717) is 0 Å². The van der Waals surface area contributed by atoms with Crippen LogP contribution in [-0.4, -0.2) is 62.5 Å². The van der Waals surface area contributed by atoms with Gasteiger partial charge in [-0.05, 0) is 121 Å². The van der Waals surface area contributed by atoms with Gasteiger partial charge in [-0.3, -0.25) is 29.0 Å². The second kappa shape index (κ2) is 15.6. The SMILES string of the molecule is Cc1ccc(S(=O)(=O)NC(=NC(C)(C)C)C(=O)NC(C)(C)C)cc1.Cc1ccc(S(=O)(=O)NC(=NC(C)(C)C)C(=O)NC(C)(C)C)cc1. The molecule has 2 rings (SSSR count). The van der Waals surface area contributed by atoms with Crippen molar-refractivity contribution < 1.29 is 26.4 Å². The third-order valence-corrected chi connectivity index (χ3v) is 8.14. The van der Waals surface area contributed by atoms with Gasteiger partial charge in [0.05, 0.1) is 20.9 Å². The van der Waals surface area contributed by atoms with Crippen molar-refractivity contribution in [2.45, 2.75) is 129 Å². The van der Waals surface area contributed by atoms with Crippen LogP contribution in [-0.2, 0) is 29.6 Å². The van der Waals surface area contributed by atoms with Crippen LogP contribution in [0.2, 0.25) is 0 Å². The van der Waals surface area contributed by atoms with Gasteiger partial charge in [-0.1, -0.05) is 35.4 Å². The molecule has 12 nitrogen and oxygen atoms in total. The van der Waals surface area contributed by atoms with Gasteiger partial charge in [0.1, 0.15) is 0 Å². The van der Waals surface area contributed by atoms with Gasteiger partial charge in [0.25, 0.3) is 31.9 Å². The molecular weight excluding hydrogens is 653 g/mol. The highest BCUT2D eigenvalue weighted by atomic mass is 32.2. The van der Waals surface area contributed by atoms with Crippen molar-refractivity contribution in [2.75, 3.05) is 0 Å². The maximum atomic E-state index is 12.5. The van der Waals surface area contributed by atoms with Gasteiger partial charge >= 0.3 is 0 Å². The molecule has 0 aliphatic carbocycles. The summed E-state index contributed by atoms with van der Waals surface area (Å²) in [6.45, 7) is 25.4. The summed E-state index contributed by atoms with van der Waals surface area (Å²) in [6, 6.07) is 12.8. The number of benzene rings is 2. The summed E-state index contributed by atoms with van der Waals surface area (Å²) in [7, 11) is -7.78. The zero-order chi connectivity index (χ0) is 37.5. The third-order valence-electron chi connectivity index (χ3n) is 5.43. The highest BCUT2D eigenvalue weighted by molar-refractivity contribution is 7.90. The Kier molecular flexibility index (Phi) is 13.8. The van der Waals surface area contributed by atoms with Crippen LogP contribution < -0.4 is 20.1 Å². The lowest BCUT2D eigenvalue weighted by Crippen LogP contribution is -2.50. The van der Waals surface area contributed by atoms with Gasteiger partial charge < -0.3 is 10.6 Å². The van der Waals surface area contributed by atoms with Crippen molar-refractivity contribution in [2.24, 2.45) is 9.98 Å². The van der Waals surface area contributed by atoms with Crippen LogP contribution in [0.25, 0.3) is 0 Å². The molecule has 0 aliphatic rings. The lowest BCUT2D eigenvalue weighted by molar-refractivity contribution is -0.117. The number of amidine groups is 2. The maximum Gasteiger partial charge on any atom is 0.287 e. The van der Waals surface area contributed by atoms with Crippen LogP contribution in [0.15, 0.2) is 68.3 Å². The molecule has 0 heterocycles. The van der Waals surface area contributed by atoms with Gasteiger partial charge in [0.15, 0.2) is 0 Å². The van der Waals surface area contributed by atoms with Gasteiger partial charge in [-0.25, -0.2) is 16.8 Å². The molecule has 0 aromatic heterocycles. The van der Waals surface area contributed by atoms with Crippen molar-refractivity contribution in [1.82, 2.24) is 20.1 Å². The van der Waals surface area contributed by atoms with Crippen molar-refractivity contribution in [1.29, 1.82) is 0 Å². The molecule has 268 valence electrons. The van der Waals surface area contributed by atoms with Gasteiger partial charge in [-0.2, -0.15) is 0 Å². The summed E-state index contributed by atoms with van der Waals surface area (Å²) >= 11 is 0. The topological polar surface area (TPSA) is 175 Å². The fourth-order valence-electron chi connectivity index (χ4n) is 3.52. The van der Waals surface area contributed by atoms with Gasteiger partial charge in [0.2, 0.25) is 11.7 Å². The molecule has 2 amide bonds. The number of carbonyl (C=O) groups excluding carboxylic acids is 2. The number of carbonyl (C=O) groups is 2. The first-order chi connectivity index (χ1) is 21.4. The van der Waals surface area contributed by atoms with Crippen molar-refractivity contribution in [3.8, 4) is 0 Å². The van der Waals surface area contributed by atoms with E-state index < -0.39 is 54.0 Å². The zero-order valence-corrected chi connectivity index (χ0v) is 32.4. The second-order valence-electron chi connectivity index (χ2n) is 15.5. The molecule has 14 heteroatoms. The molecule has 0 atom stereocenters. The second-order valence-corrected chi connectivity index (χ2v) is 18.9. The Labute approximate surface area is 287 Å². The molecule has 2 aromatic carbocycles. The Morgan fingerprint density at radius 2 is 0.750 bits per heavy atom. The number of sulfonamides is 2. The third kappa shape index (κ3) is 16.4. The monoisotopic (exact) mass is 706 g/mol. The minimum Gasteiger partial charge on any atom is -0.345 e. The largest absolute Gasteiger partial charge is 0.345 e. The molecule has 0 spiro atoms. The van der Waals surface area contributed by atoms with Crippen LogP contribution in [0.4, 0.5) is 0 Å². The summed E-state index contributed by atoms with van der Waals surface area (Å²) in [5.74, 6) is -1.57. The number of amides is 2. The number of hydrogen-bond donors (Lipinski definition) is 4. The average molecular weight is 707 g/mol. The molecule has 4 N–H and O–H groups in total. The van der Waals surface area contributed by atoms with Crippen molar-refractivity contribution in [3.05, 3.63) is 59.7 Å². The number of rotatable bonds is 4. The quantitative estimate of drug-likeness (QED) is 0.263. The molecule has 0 radical (unpaired) electrons. The Morgan fingerprint density at radius 1 is 0.500 bits per heavy atom. The molecule has 0 saturated carbocycles. The van der Waals surface area contributed by atoms with Crippen LogP contribution in [0.5, 0.6) is 0 Å². The average Bonchev–Trinajstić information content (AvgIpc) is 2.85. The molecule has 0 unspecified atom stereocenters. The van der Waals surface area contributed by atoms with E-state index in [1.807, 2.05) is 55.4 Å². The predicted molar refractivity (Wildman–Crippen MR) is 193 cm³/mol. The van der Waals surface area contributed by atoms with Crippen LogP contribution >= 0.6 is 0 Å². The fourth-order valence-corrected chi connectivity index (χ4v) is 5.53. The lowest BCUT2D eigenvalue weighted by Gasteiger charge is -2.23. The molecule has 0 fully saturated rings. The molecule has 2 aromatic rings. The number of aliphatic imine (C=N–C) groups is 2. The van der Waals surface area contributed by atoms with E-state index in [4.69, 9.17) is 0 Å². The van der Waals surface area contributed by atoms with Gasteiger partial charge in [0, 0.05) is 11.1 Å². The van der Waals surface area contributed by atoms with Gasteiger partial charge in [-0.15, -0.1) is 0 Å². The van der Waals surface area contributed by atoms with E-state index in [1.165, 1.54) is 24.3 Å². The van der Waals surface area contributed by atoms with Crippen LogP contribution in [0, 0.1) is 13.8 Å². The van der Waals surface area contributed by atoms with Crippen LogP contribution in [0.3, 0.4) is 0 Å².